The smallest absolute Gasteiger partial charge is 0.286 e. The first kappa shape index (κ1) is 20.3. The highest BCUT2D eigenvalue weighted by Crippen LogP contribution is 2.36. The minimum Gasteiger partial charge on any atom is -0.493 e. The zero-order valence-electron chi connectivity index (χ0n) is 16.3. The van der Waals surface area contributed by atoms with Crippen molar-refractivity contribution in [3.8, 4) is 22.2 Å². The van der Waals surface area contributed by atoms with E-state index in [-0.39, 0.29) is 22.7 Å². The van der Waals surface area contributed by atoms with E-state index in [0.717, 1.165) is 4.88 Å². The van der Waals surface area contributed by atoms with Gasteiger partial charge in [0.2, 0.25) is 0 Å². The molecule has 0 bridgehead atoms. The lowest BCUT2D eigenvalue weighted by Gasteiger charge is -2.11. The van der Waals surface area contributed by atoms with Crippen molar-refractivity contribution in [1.29, 1.82) is 0 Å². The Morgan fingerprint density at radius 1 is 1.38 bits per heavy atom. The van der Waals surface area contributed by atoms with Gasteiger partial charge in [0.05, 0.1) is 35.3 Å². The summed E-state index contributed by atoms with van der Waals surface area (Å²) in [7, 11) is 3.25. The highest BCUT2D eigenvalue weighted by Gasteiger charge is 2.26. The van der Waals surface area contributed by atoms with Crippen LogP contribution in [-0.4, -0.2) is 39.1 Å². The maximum absolute atomic E-state index is 12.8. The fourth-order valence-corrected chi connectivity index (χ4v) is 3.72. The van der Waals surface area contributed by atoms with Crippen molar-refractivity contribution >= 4 is 28.1 Å². The van der Waals surface area contributed by atoms with Crippen LogP contribution < -0.4 is 14.8 Å². The van der Waals surface area contributed by atoms with E-state index in [1.165, 1.54) is 30.6 Å². The number of carbonyl (C=O) groups is 1. The Balaban J connectivity index is 1.95. The summed E-state index contributed by atoms with van der Waals surface area (Å²) >= 11 is 1.24. The molecule has 0 saturated carbocycles. The van der Waals surface area contributed by atoms with Gasteiger partial charge in [-0.2, -0.15) is 0 Å². The fourth-order valence-electron chi connectivity index (χ4n) is 2.72. The number of nitro benzene ring substituents is 1. The number of nitrogens with zero attached hydrogens (tertiary/aromatic N) is 4. The van der Waals surface area contributed by atoms with E-state index in [1.54, 1.807) is 20.0 Å². The van der Waals surface area contributed by atoms with Crippen molar-refractivity contribution in [2.75, 3.05) is 19.0 Å². The molecule has 0 aliphatic heterocycles. The summed E-state index contributed by atoms with van der Waals surface area (Å²) in [5.74, 6) is 0.472. The van der Waals surface area contributed by atoms with Gasteiger partial charge in [-0.25, -0.2) is 9.97 Å². The van der Waals surface area contributed by atoms with Crippen LogP contribution in [0.25, 0.3) is 10.7 Å². The lowest BCUT2D eigenvalue weighted by molar-refractivity contribution is -0.385. The van der Waals surface area contributed by atoms with Crippen LogP contribution >= 0.6 is 11.3 Å². The molecule has 11 heteroatoms. The Morgan fingerprint density at radius 3 is 2.72 bits per heavy atom. The Bertz CT molecular complexity index is 1070. The first-order chi connectivity index (χ1) is 13.8. The molecule has 0 unspecified atom stereocenters. The van der Waals surface area contributed by atoms with Crippen LogP contribution in [0, 0.1) is 17.0 Å². The molecule has 29 heavy (non-hydrogen) atoms. The van der Waals surface area contributed by atoms with Crippen LogP contribution in [0.3, 0.4) is 0 Å². The molecule has 0 radical (unpaired) electrons. The van der Waals surface area contributed by atoms with Gasteiger partial charge in [-0.1, -0.05) is 11.3 Å². The second-order valence-electron chi connectivity index (χ2n) is 5.96. The Hall–Kier alpha value is -3.47. The number of hydrogen-bond acceptors (Lipinski definition) is 8. The molecule has 0 aliphatic carbocycles. The van der Waals surface area contributed by atoms with E-state index in [9.17, 15) is 14.9 Å². The number of aryl methyl sites for hydroxylation is 2. The quantitative estimate of drug-likeness (QED) is 0.462. The monoisotopic (exact) mass is 417 g/mol. The normalized spacial score (nSPS) is 10.6. The summed E-state index contributed by atoms with van der Waals surface area (Å²) in [4.78, 5) is 33.1. The number of anilines is 1. The lowest BCUT2D eigenvalue weighted by Crippen LogP contribution is -2.14. The number of imidazole rings is 1. The van der Waals surface area contributed by atoms with Gasteiger partial charge in [-0.05, 0) is 13.8 Å². The number of carbonyl (C=O) groups excluding carboxylic acids is 1. The molecule has 0 atom stereocenters. The van der Waals surface area contributed by atoms with Crippen molar-refractivity contribution in [3.05, 3.63) is 45.9 Å². The summed E-state index contributed by atoms with van der Waals surface area (Å²) < 4.78 is 12.4. The molecular formula is C18H19N5O5S. The molecule has 10 nitrogen and oxygen atoms in total. The summed E-state index contributed by atoms with van der Waals surface area (Å²) in [6, 6.07) is 2.47. The SMILES string of the molecule is CCOc1cc([N+](=O)[O-])c(C(=O)Nc2nc(C)c(-c3nccn3C)s2)cc1OC. The second kappa shape index (κ2) is 8.27. The van der Waals surface area contributed by atoms with Crippen LogP contribution in [0.15, 0.2) is 24.5 Å². The van der Waals surface area contributed by atoms with Crippen molar-refractivity contribution in [1.82, 2.24) is 14.5 Å². The van der Waals surface area contributed by atoms with Gasteiger partial charge >= 0.3 is 0 Å². The minimum atomic E-state index is -0.668. The largest absolute Gasteiger partial charge is 0.493 e. The molecule has 0 fully saturated rings. The molecule has 0 saturated heterocycles. The number of methoxy groups -OCH3 is 1. The lowest BCUT2D eigenvalue weighted by atomic mass is 10.1. The van der Waals surface area contributed by atoms with Crippen molar-refractivity contribution in [2.24, 2.45) is 7.05 Å². The number of rotatable bonds is 7. The Labute approximate surface area is 170 Å². The number of benzene rings is 1. The van der Waals surface area contributed by atoms with E-state index >= 15 is 0 Å². The summed E-state index contributed by atoms with van der Waals surface area (Å²) in [6.45, 7) is 3.85. The van der Waals surface area contributed by atoms with Gasteiger partial charge in [0, 0.05) is 25.5 Å². The molecule has 1 N–H and O–H groups in total. The topological polar surface area (TPSA) is 121 Å². The van der Waals surface area contributed by atoms with Gasteiger partial charge in [-0.3, -0.25) is 20.2 Å². The number of thiazole rings is 1. The predicted molar refractivity (Wildman–Crippen MR) is 108 cm³/mol. The van der Waals surface area contributed by atoms with Gasteiger partial charge < -0.3 is 14.0 Å². The van der Waals surface area contributed by atoms with E-state index in [0.29, 0.717) is 23.3 Å². The summed E-state index contributed by atoms with van der Waals surface area (Å²) in [5, 5.41) is 14.4. The standard InChI is InChI=1S/C18H19N5O5S/c1-5-28-14-9-12(23(25)26)11(8-13(14)27-4)17(24)21-18-20-10(2)15(29-18)16-19-6-7-22(16)3/h6-9H,5H2,1-4H3,(H,20,21,24). The van der Waals surface area contributed by atoms with Crippen molar-refractivity contribution in [2.45, 2.75) is 13.8 Å². The zero-order valence-corrected chi connectivity index (χ0v) is 17.1. The number of amides is 1. The van der Waals surface area contributed by atoms with E-state index in [2.05, 4.69) is 15.3 Å². The molecule has 3 aromatic rings. The molecular weight excluding hydrogens is 398 g/mol. The number of nitro groups is 1. The van der Waals surface area contributed by atoms with E-state index < -0.39 is 10.8 Å². The molecule has 3 rings (SSSR count). The van der Waals surface area contributed by atoms with E-state index in [4.69, 9.17) is 9.47 Å². The molecule has 152 valence electrons. The molecule has 2 aromatic heterocycles. The van der Waals surface area contributed by atoms with Crippen molar-refractivity contribution < 1.29 is 19.2 Å². The molecule has 0 spiro atoms. The average Bonchev–Trinajstić information content (AvgIpc) is 3.26. The molecule has 2 heterocycles. The Kier molecular flexibility index (Phi) is 5.78. The highest BCUT2D eigenvalue weighted by atomic mass is 32.1. The van der Waals surface area contributed by atoms with Crippen LogP contribution in [0.1, 0.15) is 23.0 Å². The van der Waals surface area contributed by atoms with Crippen LogP contribution in [0.5, 0.6) is 11.5 Å². The van der Waals surface area contributed by atoms with Gasteiger partial charge in [0.25, 0.3) is 11.6 Å². The first-order valence-corrected chi connectivity index (χ1v) is 9.43. The maximum Gasteiger partial charge on any atom is 0.286 e. The third-order valence-electron chi connectivity index (χ3n) is 4.06. The summed E-state index contributed by atoms with van der Waals surface area (Å²) in [5.41, 5.74) is 0.157. The number of aromatic nitrogens is 3. The number of hydrogen-bond donors (Lipinski definition) is 1. The van der Waals surface area contributed by atoms with Gasteiger partial charge in [-0.15, -0.1) is 0 Å². The minimum absolute atomic E-state index is 0.151. The summed E-state index contributed by atoms with van der Waals surface area (Å²) in [6.07, 6.45) is 3.48. The third kappa shape index (κ3) is 4.04. The zero-order chi connectivity index (χ0) is 21.1. The van der Waals surface area contributed by atoms with Crippen LogP contribution in [0.2, 0.25) is 0 Å². The van der Waals surface area contributed by atoms with Gasteiger partial charge in [0.1, 0.15) is 5.56 Å². The first-order valence-electron chi connectivity index (χ1n) is 8.61. The fraction of sp³-hybridized carbons (Fsp3) is 0.278. The predicted octanol–water partition coefficient (Wildman–Crippen LogP) is 3.42. The molecule has 1 aromatic carbocycles. The average molecular weight is 417 g/mol. The third-order valence-corrected chi connectivity index (χ3v) is 5.13. The molecule has 1 amide bonds. The highest BCUT2D eigenvalue weighted by molar-refractivity contribution is 7.19. The Morgan fingerprint density at radius 2 is 2.14 bits per heavy atom. The van der Waals surface area contributed by atoms with Crippen molar-refractivity contribution in [3.63, 3.8) is 0 Å². The second-order valence-corrected chi connectivity index (χ2v) is 6.96. The van der Waals surface area contributed by atoms with Crippen LogP contribution in [-0.2, 0) is 7.05 Å². The maximum atomic E-state index is 12.8. The van der Waals surface area contributed by atoms with E-state index in [1.807, 2.05) is 17.8 Å². The number of ether oxygens (including phenoxy) is 2. The van der Waals surface area contributed by atoms with Gasteiger partial charge in [0.15, 0.2) is 22.5 Å². The molecule has 0 aliphatic rings. The van der Waals surface area contributed by atoms with Crippen LogP contribution in [0.4, 0.5) is 10.8 Å². The number of nitrogens with one attached hydrogen (secondary N) is 1.